The number of hydrogen-bond donors (Lipinski definition) is 1. The first-order valence-electron chi connectivity index (χ1n) is 8.37. The van der Waals surface area contributed by atoms with Gasteiger partial charge >= 0.3 is 0 Å². The zero-order valence-electron chi connectivity index (χ0n) is 15.4. The number of carbonyl (C=O) groups excluding carboxylic acids is 2. The molecule has 1 N–H and O–H groups in total. The summed E-state index contributed by atoms with van der Waals surface area (Å²) < 4.78 is 25.7. The van der Waals surface area contributed by atoms with Crippen LogP contribution in [0.4, 0.5) is 11.4 Å². The fourth-order valence-electron chi connectivity index (χ4n) is 3.03. The molecule has 0 radical (unpaired) electrons. The number of aryl methyl sites for hydroxylation is 1. The smallest absolute Gasteiger partial charge is 0.257 e. The molecule has 28 heavy (non-hydrogen) atoms. The van der Waals surface area contributed by atoms with Crippen molar-refractivity contribution < 1.29 is 18.0 Å². The van der Waals surface area contributed by atoms with Gasteiger partial charge in [0.1, 0.15) is 0 Å². The van der Waals surface area contributed by atoms with E-state index in [0.29, 0.717) is 10.7 Å². The van der Waals surface area contributed by atoms with Crippen molar-refractivity contribution in [3.8, 4) is 0 Å². The first-order valence-corrected chi connectivity index (χ1v) is 10.7. The molecule has 0 aromatic heterocycles. The van der Waals surface area contributed by atoms with E-state index in [-0.39, 0.29) is 22.0 Å². The van der Waals surface area contributed by atoms with E-state index in [1.165, 1.54) is 18.2 Å². The maximum Gasteiger partial charge on any atom is 0.257 e. The van der Waals surface area contributed by atoms with Crippen LogP contribution in [-0.2, 0) is 14.8 Å². The first kappa shape index (κ1) is 20.6. The number of nitrogens with one attached hydrogen (secondary N) is 1. The summed E-state index contributed by atoms with van der Waals surface area (Å²) in [7, 11) is -3.83. The molecule has 0 aliphatic carbocycles. The molecule has 1 saturated heterocycles. The Labute approximate surface area is 173 Å². The molecule has 2 aromatic carbocycles. The van der Waals surface area contributed by atoms with Crippen molar-refractivity contribution in [1.82, 2.24) is 0 Å². The van der Waals surface area contributed by atoms with Gasteiger partial charge in [0.05, 0.1) is 27.4 Å². The Kier molecular flexibility index (Phi) is 5.20. The number of hydrogen-bond acceptors (Lipinski definition) is 4. The van der Waals surface area contributed by atoms with Crippen molar-refractivity contribution in [2.45, 2.75) is 20.8 Å². The lowest BCUT2D eigenvalue weighted by atomic mass is 9.95. The van der Waals surface area contributed by atoms with Crippen LogP contribution in [0.5, 0.6) is 0 Å². The van der Waals surface area contributed by atoms with Gasteiger partial charge < -0.3 is 5.32 Å². The summed E-state index contributed by atoms with van der Waals surface area (Å²) in [4.78, 5) is 25.3. The highest BCUT2D eigenvalue weighted by Crippen LogP contribution is 2.37. The van der Waals surface area contributed by atoms with Crippen molar-refractivity contribution in [3.63, 3.8) is 0 Å². The number of halogens is 2. The Morgan fingerprint density at radius 1 is 1.14 bits per heavy atom. The molecule has 1 aliphatic heterocycles. The lowest BCUT2D eigenvalue weighted by Gasteiger charge is -2.18. The molecule has 2 amide bonds. The number of amides is 2. The third kappa shape index (κ3) is 3.74. The van der Waals surface area contributed by atoms with E-state index in [0.717, 1.165) is 9.87 Å². The minimum atomic E-state index is -3.83. The highest BCUT2D eigenvalue weighted by atomic mass is 35.5. The molecule has 6 nitrogen and oxygen atoms in total. The molecule has 148 valence electrons. The Morgan fingerprint density at radius 3 is 2.39 bits per heavy atom. The average molecular weight is 441 g/mol. The maximum absolute atomic E-state index is 12.7. The molecule has 0 unspecified atom stereocenters. The second-order valence-corrected chi connectivity index (χ2v) is 9.95. The van der Waals surface area contributed by atoms with Gasteiger partial charge in [0.25, 0.3) is 5.91 Å². The quantitative estimate of drug-likeness (QED) is 0.772. The van der Waals surface area contributed by atoms with Gasteiger partial charge in [0, 0.05) is 10.7 Å². The number of rotatable bonds is 3. The molecular weight excluding hydrogens is 423 g/mol. The third-order valence-electron chi connectivity index (χ3n) is 4.45. The van der Waals surface area contributed by atoms with Crippen LogP contribution in [0.3, 0.4) is 0 Å². The highest BCUT2D eigenvalue weighted by Gasteiger charge is 2.50. The van der Waals surface area contributed by atoms with Crippen LogP contribution < -0.4 is 9.62 Å². The summed E-state index contributed by atoms with van der Waals surface area (Å²) in [6.07, 6.45) is 0. The van der Waals surface area contributed by atoms with Gasteiger partial charge in [-0.25, -0.2) is 12.7 Å². The van der Waals surface area contributed by atoms with Crippen molar-refractivity contribution in [3.05, 3.63) is 57.6 Å². The van der Waals surface area contributed by atoms with Crippen LogP contribution in [0.1, 0.15) is 29.8 Å². The molecule has 1 aliphatic rings. The predicted octanol–water partition coefficient (Wildman–Crippen LogP) is 4.26. The Morgan fingerprint density at radius 2 is 1.82 bits per heavy atom. The van der Waals surface area contributed by atoms with Crippen molar-refractivity contribution in [2.75, 3.05) is 15.4 Å². The minimum absolute atomic E-state index is 0.0567. The van der Waals surface area contributed by atoms with E-state index in [2.05, 4.69) is 5.32 Å². The molecule has 1 heterocycles. The van der Waals surface area contributed by atoms with Gasteiger partial charge in [0.15, 0.2) is 0 Å². The fraction of sp³-hybridized carbons (Fsp3) is 0.263. The van der Waals surface area contributed by atoms with Crippen LogP contribution in [0.2, 0.25) is 10.0 Å². The molecule has 0 atom stereocenters. The first-order chi connectivity index (χ1) is 12.9. The monoisotopic (exact) mass is 440 g/mol. The Hall–Kier alpha value is -2.09. The van der Waals surface area contributed by atoms with Crippen LogP contribution >= 0.6 is 23.2 Å². The van der Waals surface area contributed by atoms with E-state index in [4.69, 9.17) is 23.2 Å². The van der Waals surface area contributed by atoms with E-state index in [1.807, 2.05) is 0 Å². The molecule has 1 fully saturated rings. The second kappa shape index (κ2) is 7.06. The maximum atomic E-state index is 12.7. The van der Waals surface area contributed by atoms with Crippen LogP contribution in [0.15, 0.2) is 36.4 Å². The summed E-state index contributed by atoms with van der Waals surface area (Å²) in [5, 5.41) is 3.40. The molecule has 0 saturated carbocycles. The van der Waals surface area contributed by atoms with Crippen molar-refractivity contribution >= 4 is 56.4 Å². The minimum Gasteiger partial charge on any atom is -0.322 e. The summed E-state index contributed by atoms with van der Waals surface area (Å²) in [6.45, 7) is 4.93. The van der Waals surface area contributed by atoms with Crippen molar-refractivity contribution in [1.29, 1.82) is 0 Å². The van der Waals surface area contributed by atoms with Gasteiger partial charge in [-0.05, 0) is 62.7 Å². The zero-order valence-corrected chi connectivity index (χ0v) is 17.7. The summed E-state index contributed by atoms with van der Waals surface area (Å²) in [5.41, 5.74) is 0.398. The topological polar surface area (TPSA) is 83.6 Å². The number of nitrogens with zero attached hydrogens (tertiary/aromatic N) is 1. The largest absolute Gasteiger partial charge is 0.322 e. The van der Waals surface area contributed by atoms with Gasteiger partial charge in [-0.2, -0.15) is 0 Å². The van der Waals surface area contributed by atoms with Gasteiger partial charge in [0.2, 0.25) is 15.9 Å². The normalized spacial score (nSPS) is 17.6. The van der Waals surface area contributed by atoms with Gasteiger partial charge in [-0.3, -0.25) is 9.59 Å². The number of sulfonamides is 1. The number of anilines is 2. The van der Waals surface area contributed by atoms with Crippen LogP contribution in [0.25, 0.3) is 0 Å². The Balaban J connectivity index is 1.98. The third-order valence-corrected chi connectivity index (χ3v) is 7.03. The molecule has 0 spiro atoms. The van der Waals surface area contributed by atoms with E-state index in [1.54, 1.807) is 39.0 Å². The van der Waals surface area contributed by atoms with Crippen molar-refractivity contribution in [2.24, 2.45) is 5.41 Å². The molecule has 2 aromatic rings. The summed E-state index contributed by atoms with van der Waals surface area (Å²) in [6, 6.07) is 9.11. The Bertz CT molecular complexity index is 1100. The summed E-state index contributed by atoms with van der Waals surface area (Å²) >= 11 is 12.1. The average Bonchev–Trinajstić information content (AvgIpc) is 2.74. The van der Waals surface area contributed by atoms with Crippen LogP contribution in [0, 0.1) is 12.3 Å². The van der Waals surface area contributed by atoms with E-state index < -0.39 is 27.3 Å². The fourth-order valence-corrected chi connectivity index (χ4v) is 5.56. The van der Waals surface area contributed by atoms with E-state index in [9.17, 15) is 18.0 Å². The number of benzene rings is 2. The second-order valence-electron chi connectivity index (χ2n) is 7.29. The molecular formula is C19H18Cl2N2O4S. The van der Waals surface area contributed by atoms with E-state index >= 15 is 0 Å². The molecule has 3 rings (SSSR count). The molecule has 9 heteroatoms. The van der Waals surface area contributed by atoms with Gasteiger partial charge in [-0.1, -0.05) is 23.2 Å². The zero-order chi connectivity index (χ0) is 20.9. The lowest BCUT2D eigenvalue weighted by molar-refractivity contribution is -0.123. The lowest BCUT2D eigenvalue weighted by Crippen LogP contribution is -2.33. The summed E-state index contributed by atoms with van der Waals surface area (Å²) in [5.74, 6) is -1.37. The van der Waals surface area contributed by atoms with Crippen LogP contribution in [-0.4, -0.2) is 26.0 Å². The van der Waals surface area contributed by atoms with Gasteiger partial charge in [-0.15, -0.1) is 0 Å². The standard InChI is InChI=1S/C19H18Cl2N2O4S/c1-11-8-12(20)4-7-16(11)22-17(24)14-9-13(5-6-15(14)21)23-18(25)19(2,3)10-28(23,26)27/h4-9H,10H2,1-3H3,(H,22,24). The highest BCUT2D eigenvalue weighted by molar-refractivity contribution is 7.94. The SMILES string of the molecule is Cc1cc(Cl)ccc1NC(=O)c1cc(N2C(=O)C(C)(C)CS2(=O)=O)ccc1Cl. The number of carbonyl (C=O) groups is 2. The predicted molar refractivity (Wildman–Crippen MR) is 111 cm³/mol. The molecule has 0 bridgehead atoms.